The third-order valence-corrected chi connectivity index (χ3v) is 2.54. The standard InChI is InChI=1S/C11H17N5/c1-9-5-14-16(7-9)4-3-15-8-13-6-11(15)10(2)12/h5-8,10H,3-4,12H2,1-2H3/t10-/m1/s1. The van der Waals surface area contributed by atoms with Crippen molar-refractivity contribution in [2.75, 3.05) is 0 Å². The van der Waals surface area contributed by atoms with Gasteiger partial charge in [-0.1, -0.05) is 0 Å². The van der Waals surface area contributed by atoms with Crippen LogP contribution >= 0.6 is 0 Å². The minimum atomic E-state index is 0.0156. The molecule has 5 heteroatoms. The molecule has 2 heterocycles. The molecule has 2 aromatic heterocycles. The smallest absolute Gasteiger partial charge is 0.0949 e. The van der Waals surface area contributed by atoms with Crippen LogP contribution in [0.4, 0.5) is 0 Å². The maximum absolute atomic E-state index is 5.85. The number of nitrogens with zero attached hydrogens (tertiary/aromatic N) is 4. The Morgan fingerprint density at radius 1 is 1.38 bits per heavy atom. The van der Waals surface area contributed by atoms with Crippen LogP contribution in [0, 0.1) is 6.92 Å². The SMILES string of the molecule is Cc1cnn(CCn2cncc2[C@@H](C)N)c1. The van der Waals surface area contributed by atoms with Gasteiger partial charge in [0.2, 0.25) is 0 Å². The molecule has 16 heavy (non-hydrogen) atoms. The van der Waals surface area contributed by atoms with Crippen molar-refractivity contribution in [3.8, 4) is 0 Å². The maximum Gasteiger partial charge on any atom is 0.0949 e. The van der Waals surface area contributed by atoms with Gasteiger partial charge in [-0.2, -0.15) is 5.10 Å². The van der Waals surface area contributed by atoms with Crippen LogP contribution in [0.5, 0.6) is 0 Å². The van der Waals surface area contributed by atoms with Crippen molar-refractivity contribution in [2.45, 2.75) is 33.0 Å². The van der Waals surface area contributed by atoms with Crippen LogP contribution in [-0.4, -0.2) is 19.3 Å². The predicted molar refractivity (Wildman–Crippen MR) is 61.8 cm³/mol. The summed E-state index contributed by atoms with van der Waals surface area (Å²) in [4.78, 5) is 4.11. The van der Waals surface area contributed by atoms with Crippen LogP contribution in [0.2, 0.25) is 0 Å². The average Bonchev–Trinajstić information content (AvgIpc) is 2.83. The van der Waals surface area contributed by atoms with Crippen molar-refractivity contribution in [1.82, 2.24) is 19.3 Å². The van der Waals surface area contributed by atoms with Gasteiger partial charge in [0, 0.05) is 25.0 Å². The van der Waals surface area contributed by atoms with E-state index in [-0.39, 0.29) is 6.04 Å². The molecule has 0 unspecified atom stereocenters. The lowest BCUT2D eigenvalue weighted by molar-refractivity contribution is 0.513. The van der Waals surface area contributed by atoms with Crippen molar-refractivity contribution in [2.24, 2.45) is 5.73 Å². The molecule has 2 aromatic rings. The quantitative estimate of drug-likeness (QED) is 0.837. The fourth-order valence-corrected chi connectivity index (χ4v) is 1.70. The fourth-order valence-electron chi connectivity index (χ4n) is 1.70. The molecule has 0 fully saturated rings. The Kier molecular flexibility index (Phi) is 3.05. The summed E-state index contributed by atoms with van der Waals surface area (Å²) < 4.78 is 4.00. The Morgan fingerprint density at radius 3 is 2.81 bits per heavy atom. The third kappa shape index (κ3) is 2.30. The molecule has 1 atom stereocenters. The number of hydrogen-bond acceptors (Lipinski definition) is 3. The molecule has 0 saturated carbocycles. The number of hydrogen-bond donors (Lipinski definition) is 1. The van der Waals surface area contributed by atoms with Gasteiger partial charge in [0.15, 0.2) is 0 Å². The van der Waals surface area contributed by atoms with E-state index in [4.69, 9.17) is 5.73 Å². The second-order valence-corrected chi connectivity index (χ2v) is 4.08. The highest BCUT2D eigenvalue weighted by molar-refractivity contribution is 5.03. The summed E-state index contributed by atoms with van der Waals surface area (Å²) in [6, 6.07) is 0.0156. The van der Waals surface area contributed by atoms with Crippen molar-refractivity contribution in [1.29, 1.82) is 0 Å². The fraction of sp³-hybridized carbons (Fsp3) is 0.455. The third-order valence-electron chi connectivity index (χ3n) is 2.54. The topological polar surface area (TPSA) is 61.7 Å². The number of imidazole rings is 1. The highest BCUT2D eigenvalue weighted by Gasteiger charge is 2.06. The van der Waals surface area contributed by atoms with Crippen LogP contribution in [0.1, 0.15) is 24.2 Å². The van der Waals surface area contributed by atoms with Crippen molar-refractivity contribution >= 4 is 0 Å². The van der Waals surface area contributed by atoms with Crippen LogP contribution < -0.4 is 5.73 Å². The minimum Gasteiger partial charge on any atom is -0.331 e. The van der Waals surface area contributed by atoms with E-state index < -0.39 is 0 Å². The second-order valence-electron chi connectivity index (χ2n) is 4.08. The number of nitrogens with two attached hydrogens (primary N) is 1. The molecule has 2 N–H and O–H groups in total. The zero-order chi connectivity index (χ0) is 11.5. The molecule has 86 valence electrons. The first-order valence-corrected chi connectivity index (χ1v) is 5.41. The number of aryl methyl sites for hydroxylation is 3. The summed E-state index contributed by atoms with van der Waals surface area (Å²) in [5.74, 6) is 0. The summed E-state index contributed by atoms with van der Waals surface area (Å²) in [7, 11) is 0. The molecule has 2 rings (SSSR count). The Bertz CT molecular complexity index is 454. The largest absolute Gasteiger partial charge is 0.331 e. The van der Waals surface area contributed by atoms with Gasteiger partial charge in [-0.3, -0.25) is 4.68 Å². The molecule has 5 nitrogen and oxygen atoms in total. The van der Waals surface area contributed by atoms with Gasteiger partial charge in [0.25, 0.3) is 0 Å². The molecular formula is C11H17N5. The first-order chi connectivity index (χ1) is 7.66. The maximum atomic E-state index is 5.85. The van der Waals surface area contributed by atoms with E-state index >= 15 is 0 Å². The van der Waals surface area contributed by atoms with E-state index in [9.17, 15) is 0 Å². The minimum absolute atomic E-state index is 0.0156. The van der Waals surface area contributed by atoms with E-state index in [1.54, 1.807) is 0 Å². The van der Waals surface area contributed by atoms with Crippen LogP contribution in [-0.2, 0) is 13.1 Å². The van der Waals surface area contributed by atoms with Crippen molar-refractivity contribution in [3.05, 3.63) is 36.2 Å². The highest BCUT2D eigenvalue weighted by Crippen LogP contribution is 2.08. The molecule has 0 saturated heterocycles. The van der Waals surface area contributed by atoms with E-state index in [0.29, 0.717) is 0 Å². The van der Waals surface area contributed by atoms with E-state index in [2.05, 4.69) is 14.6 Å². The average molecular weight is 219 g/mol. The molecule has 0 spiro atoms. The Morgan fingerprint density at radius 2 is 2.19 bits per heavy atom. The summed E-state index contributed by atoms with van der Waals surface area (Å²) in [5, 5.41) is 4.24. The zero-order valence-electron chi connectivity index (χ0n) is 9.67. The van der Waals surface area contributed by atoms with Crippen LogP contribution in [0.3, 0.4) is 0 Å². The Balaban J connectivity index is 2.02. The molecular weight excluding hydrogens is 202 g/mol. The first kappa shape index (κ1) is 10.9. The molecule has 0 amide bonds. The summed E-state index contributed by atoms with van der Waals surface area (Å²) in [5.41, 5.74) is 8.09. The van der Waals surface area contributed by atoms with Gasteiger partial charge in [0.05, 0.1) is 24.8 Å². The second kappa shape index (κ2) is 4.49. The van der Waals surface area contributed by atoms with E-state index in [1.165, 1.54) is 5.56 Å². The Labute approximate surface area is 94.9 Å². The molecule has 0 radical (unpaired) electrons. The predicted octanol–water partition coefficient (Wildman–Crippen LogP) is 1.11. The van der Waals surface area contributed by atoms with Crippen LogP contribution in [0.15, 0.2) is 24.9 Å². The molecule has 0 aliphatic rings. The lowest BCUT2D eigenvalue weighted by Crippen LogP contribution is -2.14. The molecule has 0 aliphatic heterocycles. The molecule has 0 aliphatic carbocycles. The highest BCUT2D eigenvalue weighted by atomic mass is 15.3. The molecule has 0 bridgehead atoms. The first-order valence-electron chi connectivity index (χ1n) is 5.41. The normalized spacial score (nSPS) is 12.9. The van der Waals surface area contributed by atoms with Gasteiger partial charge in [-0.15, -0.1) is 0 Å². The van der Waals surface area contributed by atoms with Gasteiger partial charge in [-0.05, 0) is 19.4 Å². The summed E-state index contributed by atoms with van der Waals surface area (Å²) in [6.45, 7) is 5.68. The van der Waals surface area contributed by atoms with Gasteiger partial charge in [0.1, 0.15) is 0 Å². The molecule has 0 aromatic carbocycles. The van der Waals surface area contributed by atoms with Crippen molar-refractivity contribution in [3.63, 3.8) is 0 Å². The number of aromatic nitrogens is 4. The lowest BCUT2D eigenvalue weighted by atomic mass is 10.3. The van der Waals surface area contributed by atoms with Gasteiger partial charge in [-0.25, -0.2) is 4.98 Å². The summed E-state index contributed by atoms with van der Waals surface area (Å²) in [6.07, 6.45) is 7.52. The van der Waals surface area contributed by atoms with Gasteiger partial charge < -0.3 is 10.3 Å². The monoisotopic (exact) mass is 219 g/mol. The Hall–Kier alpha value is -1.62. The van der Waals surface area contributed by atoms with Gasteiger partial charge >= 0.3 is 0 Å². The summed E-state index contributed by atoms with van der Waals surface area (Å²) >= 11 is 0. The van der Waals surface area contributed by atoms with E-state index in [1.807, 2.05) is 43.4 Å². The van der Waals surface area contributed by atoms with E-state index in [0.717, 1.165) is 18.8 Å². The zero-order valence-corrected chi connectivity index (χ0v) is 9.67. The number of rotatable bonds is 4. The van der Waals surface area contributed by atoms with Crippen molar-refractivity contribution < 1.29 is 0 Å². The van der Waals surface area contributed by atoms with Crippen LogP contribution in [0.25, 0.3) is 0 Å². The lowest BCUT2D eigenvalue weighted by Gasteiger charge is -2.10.